The molecule has 12 aliphatic rings. The summed E-state index contributed by atoms with van der Waals surface area (Å²) in [5, 5.41) is 20.7. The van der Waals surface area contributed by atoms with E-state index in [1.165, 1.54) is 0 Å². The van der Waals surface area contributed by atoms with Gasteiger partial charge >= 0.3 is 5.97 Å². The highest BCUT2D eigenvalue weighted by Crippen LogP contribution is 2.53. The number of rotatable bonds is 4. The standard InChI is InChI=1S/C58H90O17/c1-29-17-38(71-58(24-29)25-31(3)52-47(75-58)20-39(60)50(28-59)69-52)26-57(62-8)27-49-44(73-57)23-46-53(68-49)35(7)54-45(67-46)21-42-34(6)30(2)18-36(64-42)10-9-32(4)63-33(5)13-15-56-16-14-40(72-56)43-22-48(74-56)55-41(66-43)12-11-37(65-55)19-51(61)70-54/h29-33,35-50,52-55,59-60H,6,9-28H2,1-5,7-8H3/t29-,30-,31+,32?,33?,35+,36?,37?,38?,39-,40?,41+,42-,43-,44-,45+,46+,47?,48-,49-,50?,52?,53+,54-,55+,56+,57+,58-/m1/s1. The molecule has 17 heteroatoms. The first kappa shape index (κ1) is 54.2. The molecule has 0 saturated carbocycles. The van der Waals surface area contributed by atoms with Crippen molar-refractivity contribution in [1.29, 1.82) is 0 Å². The lowest BCUT2D eigenvalue weighted by Gasteiger charge is -2.54. The second kappa shape index (κ2) is 21.5. The SMILES string of the molecule is C=C1[C@H](C)CC2CCC(C)OC(C)CC[C@]34CCC(O3)[C@H]3C[C@@H](O4)[C@H]4OC(CC[C@@H]4O3)CC(=O)O[C@@H]3[C@@H](C)[C@@H]4O[C@@H]5C[C@@](CC6C[C@@H](C)C[C@@]7(C[C@H](C)C8OC(CO)[C@H](O)CC8O7)O6)(OC)O[C@@H]5C[C@@H]4O[C@H]3C[C@H]1O2. The van der Waals surface area contributed by atoms with Crippen molar-refractivity contribution in [2.75, 3.05) is 13.7 Å². The van der Waals surface area contributed by atoms with E-state index in [1.807, 2.05) is 0 Å². The fourth-order valence-corrected chi connectivity index (χ4v) is 16.5. The number of carbonyl (C=O) groups excluding carboxylic acids is 1. The maximum Gasteiger partial charge on any atom is 0.308 e. The molecule has 8 bridgehead atoms. The zero-order valence-electron chi connectivity index (χ0n) is 45.8. The van der Waals surface area contributed by atoms with Gasteiger partial charge in [-0.3, -0.25) is 4.79 Å². The van der Waals surface area contributed by atoms with Crippen LogP contribution in [0.3, 0.4) is 0 Å². The van der Waals surface area contributed by atoms with Gasteiger partial charge in [0.05, 0.1) is 123 Å². The van der Waals surface area contributed by atoms with Crippen LogP contribution in [-0.2, 0) is 71.1 Å². The first-order valence-electron chi connectivity index (χ1n) is 29.7. The van der Waals surface area contributed by atoms with Gasteiger partial charge in [0.2, 0.25) is 0 Å². The second-order valence-corrected chi connectivity index (χ2v) is 26.0. The summed E-state index contributed by atoms with van der Waals surface area (Å²) in [4.78, 5) is 14.5. The van der Waals surface area contributed by atoms with Crippen LogP contribution in [0.2, 0.25) is 0 Å². The summed E-state index contributed by atoms with van der Waals surface area (Å²) in [6.45, 7) is 17.5. The quantitative estimate of drug-likeness (QED) is 0.218. The smallest absolute Gasteiger partial charge is 0.308 e. The number of aliphatic hydroxyl groups excluding tert-OH is 2. The molecule has 0 aliphatic carbocycles. The summed E-state index contributed by atoms with van der Waals surface area (Å²) in [7, 11) is 1.71. The number of methoxy groups -OCH3 is 1. The van der Waals surface area contributed by atoms with Crippen LogP contribution in [0.4, 0.5) is 0 Å². The van der Waals surface area contributed by atoms with Gasteiger partial charge in [0.1, 0.15) is 18.3 Å². The van der Waals surface area contributed by atoms with Gasteiger partial charge in [0.15, 0.2) is 17.4 Å². The third-order valence-corrected chi connectivity index (χ3v) is 20.2. The van der Waals surface area contributed by atoms with E-state index in [-0.39, 0.29) is 141 Å². The predicted octanol–water partition coefficient (Wildman–Crippen LogP) is 6.90. The summed E-state index contributed by atoms with van der Waals surface area (Å²) in [5.41, 5.74) is 1.04. The largest absolute Gasteiger partial charge is 0.459 e. The van der Waals surface area contributed by atoms with Crippen molar-refractivity contribution in [1.82, 2.24) is 0 Å². The van der Waals surface area contributed by atoms with E-state index >= 15 is 0 Å². The van der Waals surface area contributed by atoms with Crippen molar-refractivity contribution in [3.63, 3.8) is 0 Å². The Morgan fingerprint density at radius 3 is 2.15 bits per heavy atom. The third kappa shape index (κ3) is 10.9. The molecule has 75 heavy (non-hydrogen) atoms. The lowest BCUT2D eigenvalue weighted by atomic mass is 9.78. The molecule has 0 aromatic heterocycles. The summed E-state index contributed by atoms with van der Waals surface area (Å²) in [6.07, 6.45) is 7.01. The van der Waals surface area contributed by atoms with Crippen LogP contribution < -0.4 is 0 Å². The highest BCUT2D eigenvalue weighted by Gasteiger charge is 2.61. The lowest BCUT2D eigenvalue weighted by Crippen LogP contribution is -2.62. The maximum absolute atomic E-state index is 14.5. The molecule has 12 rings (SSSR count). The van der Waals surface area contributed by atoms with E-state index in [4.69, 9.17) is 66.3 Å². The molecule has 424 valence electrons. The molecule has 2 spiro atoms. The van der Waals surface area contributed by atoms with Crippen LogP contribution >= 0.6 is 0 Å². The highest BCUT2D eigenvalue weighted by atomic mass is 16.7. The van der Waals surface area contributed by atoms with Crippen LogP contribution in [-0.4, -0.2) is 175 Å². The van der Waals surface area contributed by atoms with Crippen molar-refractivity contribution in [2.45, 2.75) is 309 Å². The number of hydrogen-bond donors (Lipinski definition) is 2. The van der Waals surface area contributed by atoms with Gasteiger partial charge in [-0.05, 0) is 88.5 Å². The van der Waals surface area contributed by atoms with Gasteiger partial charge in [-0.25, -0.2) is 0 Å². The fraction of sp³-hybridized carbons (Fsp3) is 0.948. The number of aliphatic hydroxyl groups is 2. The van der Waals surface area contributed by atoms with Crippen LogP contribution in [0.5, 0.6) is 0 Å². The highest BCUT2D eigenvalue weighted by molar-refractivity contribution is 5.70. The minimum atomic E-state index is -0.975. The monoisotopic (exact) mass is 1060 g/mol. The van der Waals surface area contributed by atoms with Gasteiger partial charge in [-0.2, -0.15) is 0 Å². The van der Waals surface area contributed by atoms with Gasteiger partial charge in [0, 0.05) is 77.2 Å². The predicted molar refractivity (Wildman–Crippen MR) is 268 cm³/mol. The first-order valence-corrected chi connectivity index (χ1v) is 29.7. The molecule has 12 aliphatic heterocycles. The number of esters is 1. The molecule has 12 fully saturated rings. The van der Waals surface area contributed by atoms with E-state index in [0.29, 0.717) is 57.3 Å². The Morgan fingerprint density at radius 2 is 1.32 bits per heavy atom. The topological polar surface area (TPSA) is 187 Å². The summed E-state index contributed by atoms with van der Waals surface area (Å²) in [5.74, 6) is -2.40. The molecule has 12 saturated heterocycles. The average Bonchev–Trinajstić information content (AvgIpc) is 3.92. The summed E-state index contributed by atoms with van der Waals surface area (Å²) in [6, 6.07) is 0. The molecule has 0 aromatic rings. The molecular weight excluding hydrogens is 969 g/mol. The van der Waals surface area contributed by atoms with Crippen LogP contribution in [0, 0.1) is 23.7 Å². The number of hydrogen-bond acceptors (Lipinski definition) is 17. The Balaban J connectivity index is 0.760. The zero-order valence-corrected chi connectivity index (χ0v) is 45.8. The molecular formula is C58H90O17. The zero-order chi connectivity index (χ0) is 52.1. The minimum Gasteiger partial charge on any atom is -0.459 e. The van der Waals surface area contributed by atoms with Crippen molar-refractivity contribution < 1.29 is 81.3 Å². The molecule has 12 heterocycles. The van der Waals surface area contributed by atoms with E-state index < -0.39 is 41.8 Å². The summed E-state index contributed by atoms with van der Waals surface area (Å²) < 4.78 is 95.5. The fourth-order valence-electron chi connectivity index (χ4n) is 16.5. The molecule has 2 N–H and O–H groups in total. The third-order valence-electron chi connectivity index (χ3n) is 20.2. The van der Waals surface area contributed by atoms with Crippen molar-refractivity contribution >= 4 is 5.97 Å². The molecule has 17 nitrogen and oxygen atoms in total. The number of carbonyl (C=O) groups is 1. The van der Waals surface area contributed by atoms with E-state index in [1.54, 1.807) is 7.11 Å². The van der Waals surface area contributed by atoms with Gasteiger partial charge in [0.25, 0.3) is 0 Å². The van der Waals surface area contributed by atoms with Crippen molar-refractivity contribution in [2.24, 2.45) is 23.7 Å². The lowest BCUT2D eigenvalue weighted by molar-refractivity contribution is -0.371. The summed E-state index contributed by atoms with van der Waals surface area (Å²) >= 11 is 0. The average molecular weight is 1060 g/mol. The first-order chi connectivity index (χ1) is 36.0. The molecule has 0 radical (unpaired) electrons. The van der Waals surface area contributed by atoms with E-state index in [0.717, 1.165) is 69.8 Å². The van der Waals surface area contributed by atoms with Crippen LogP contribution in [0.1, 0.15) is 164 Å². The van der Waals surface area contributed by atoms with Crippen LogP contribution in [0.15, 0.2) is 12.2 Å². The minimum absolute atomic E-state index is 0.00268. The van der Waals surface area contributed by atoms with E-state index in [2.05, 4.69) is 48.1 Å². The van der Waals surface area contributed by atoms with Gasteiger partial charge < -0.3 is 76.5 Å². The number of fused-ring (bicyclic) bond motifs is 10. The van der Waals surface area contributed by atoms with Gasteiger partial charge in [-0.1, -0.05) is 34.3 Å². The molecule has 0 aromatic carbocycles. The van der Waals surface area contributed by atoms with Crippen molar-refractivity contribution in [3.05, 3.63) is 12.2 Å². The van der Waals surface area contributed by atoms with Gasteiger partial charge in [-0.15, -0.1) is 0 Å². The van der Waals surface area contributed by atoms with Crippen molar-refractivity contribution in [3.8, 4) is 0 Å². The Labute approximate surface area is 444 Å². The Morgan fingerprint density at radius 1 is 0.587 bits per heavy atom. The molecule has 28 atom stereocenters. The Hall–Kier alpha value is -1.39. The Bertz CT molecular complexity index is 2030. The molecule has 9 unspecified atom stereocenters. The van der Waals surface area contributed by atoms with E-state index in [9.17, 15) is 15.0 Å². The number of ether oxygens (including phenoxy) is 14. The molecule has 0 amide bonds. The second-order valence-electron chi connectivity index (χ2n) is 26.0. The normalized spacial score (nSPS) is 55.3. The Kier molecular flexibility index (Phi) is 15.5. The van der Waals surface area contributed by atoms with Crippen LogP contribution in [0.25, 0.3) is 0 Å². The maximum atomic E-state index is 14.5.